The Balaban J connectivity index is 2.24. The fourth-order valence-electron chi connectivity index (χ4n) is 5.23. The normalized spacial score (nSPS) is 15.1. The van der Waals surface area contributed by atoms with E-state index in [4.69, 9.17) is 5.73 Å². The highest BCUT2D eigenvalue weighted by atomic mass is 16.1. The molecule has 1 atom stereocenters. The quantitative estimate of drug-likeness (QED) is 0.313. The number of amides is 2. The lowest BCUT2D eigenvalue weighted by Crippen LogP contribution is -2.43. The molecule has 176 valence electrons. The predicted molar refractivity (Wildman–Crippen MR) is 132 cm³/mol. The largest absolute Gasteiger partial charge is 0.355 e. The molecule has 0 heterocycles. The lowest BCUT2D eigenvalue weighted by atomic mass is 9.64. The molecule has 6 heteroatoms. The van der Waals surface area contributed by atoms with Crippen molar-refractivity contribution in [2.75, 3.05) is 0 Å². The van der Waals surface area contributed by atoms with Crippen molar-refractivity contribution in [1.29, 1.82) is 5.41 Å². The van der Waals surface area contributed by atoms with E-state index in [0.29, 0.717) is 37.6 Å². The van der Waals surface area contributed by atoms with Crippen molar-refractivity contribution in [1.82, 2.24) is 10.6 Å². The summed E-state index contributed by atoms with van der Waals surface area (Å²) in [5.74, 6) is 0.352. The molecule has 2 amide bonds. The topological polar surface area (TPSA) is 108 Å². The van der Waals surface area contributed by atoms with E-state index in [1.165, 1.54) is 11.1 Å². The lowest BCUT2D eigenvalue weighted by molar-refractivity contribution is -0.110. The summed E-state index contributed by atoms with van der Waals surface area (Å²) >= 11 is 0. The molecule has 1 aliphatic carbocycles. The maximum absolute atomic E-state index is 10.8. The molecule has 5 N–H and O–H groups in total. The fraction of sp³-hybridized carbons (Fsp3) is 0.444. The van der Waals surface area contributed by atoms with E-state index in [2.05, 4.69) is 60.9 Å². The number of carbonyl (C=O) groups is 2. The maximum Gasteiger partial charge on any atom is 0.207 e. The van der Waals surface area contributed by atoms with Crippen molar-refractivity contribution >= 4 is 18.5 Å². The van der Waals surface area contributed by atoms with Gasteiger partial charge < -0.3 is 21.8 Å². The van der Waals surface area contributed by atoms with E-state index in [0.717, 1.165) is 47.9 Å². The number of nitrogens with two attached hydrogens (primary N) is 1. The van der Waals surface area contributed by atoms with Crippen LogP contribution in [0, 0.1) is 11.3 Å². The average molecular weight is 449 g/mol. The third-order valence-corrected chi connectivity index (χ3v) is 6.46. The minimum atomic E-state index is -0.604. The number of rotatable bonds is 11. The van der Waals surface area contributed by atoms with Crippen LogP contribution >= 0.6 is 0 Å². The van der Waals surface area contributed by atoms with E-state index in [1.54, 1.807) is 0 Å². The monoisotopic (exact) mass is 448 g/mol. The molecule has 6 nitrogen and oxygen atoms in total. The van der Waals surface area contributed by atoms with Crippen molar-refractivity contribution in [2.24, 2.45) is 11.7 Å². The van der Waals surface area contributed by atoms with Crippen LogP contribution in [-0.4, -0.2) is 24.6 Å². The summed E-state index contributed by atoms with van der Waals surface area (Å²) in [6, 6.07) is 12.7. The number of hydrogen-bond donors (Lipinski definition) is 4. The molecule has 1 aliphatic rings. The van der Waals surface area contributed by atoms with Crippen LogP contribution in [0.5, 0.6) is 0 Å². The van der Waals surface area contributed by atoms with Crippen LogP contribution in [0.1, 0.15) is 67.0 Å². The van der Waals surface area contributed by atoms with Crippen LogP contribution < -0.4 is 16.4 Å². The highest BCUT2D eigenvalue weighted by Crippen LogP contribution is 2.45. The predicted octanol–water partition coefficient (Wildman–Crippen LogP) is 3.37. The Morgan fingerprint density at radius 3 is 1.85 bits per heavy atom. The highest BCUT2D eigenvalue weighted by Gasteiger charge is 2.43. The first kappa shape index (κ1) is 24.6. The van der Waals surface area contributed by atoms with Crippen LogP contribution in [0.2, 0.25) is 0 Å². The first-order chi connectivity index (χ1) is 15.8. The molecule has 2 aromatic rings. The van der Waals surface area contributed by atoms with Gasteiger partial charge in [-0.1, -0.05) is 50.2 Å². The zero-order valence-corrected chi connectivity index (χ0v) is 19.9. The van der Waals surface area contributed by atoms with Gasteiger partial charge in [0.2, 0.25) is 12.8 Å². The van der Waals surface area contributed by atoms with E-state index in [9.17, 15) is 15.0 Å². The van der Waals surface area contributed by atoms with Crippen LogP contribution in [0.4, 0.5) is 0 Å². The minimum Gasteiger partial charge on any atom is -0.355 e. The van der Waals surface area contributed by atoms with E-state index < -0.39 is 5.41 Å². The van der Waals surface area contributed by atoms with Gasteiger partial charge in [-0.2, -0.15) is 0 Å². The standard InChI is InChI=1S/C27H36N4O2/c1-18(2)10-26(29)27(13-19(3)28)24-8-4-20(14-30-16-32)11-22(24)6-7-23-12-21(15-31-17-33)5-9-25(23)27/h4-5,8-9,11-12,16-19,29H,6-7,10,13-15,28H2,1-3H3,(H,30,32)(H,31,33)/t19-/m0/s1. The zero-order chi connectivity index (χ0) is 24.0. The second-order valence-electron chi connectivity index (χ2n) is 9.64. The average Bonchev–Trinajstić information content (AvgIpc) is 2.90. The second kappa shape index (κ2) is 10.8. The molecule has 3 rings (SSSR count). The van der Waals surface area contributed by atoms with Crippen LogP contribution in [0.3, 0.4) is 0 Å². The molecule has 0 bridgehead atoms. The molecule has 0 saturated heterocycles. The summed E-state index contributed by atoms with van der Waals surface area (Å²) in [5, 5.41) is 14.9. The van der Waals surface area contributed by atoms with Gasteiger partial charge in [-0.15, -0.1) is 0 Å². The first-order valence-corrected chi connectivity index (χ1v) is 11.7. The number of hydrogen-bond acceptors (Lipinski definition) is 4. The van der Waals surface area contributed by atoms with Crippen molar-refractivity contribution in [3.8, 4) is 0 Å². The lowest BCUT2D eigenvalue weighted by Gasteiger charge is -2.39. The smallest absolute Gasteiger partial charge is 0.207 e. The van der Waals surface area contributed by atoms with E-state index in [-0.39, 0.29) is 6.04 Å². The third kappa shape index (κ3) is 5.33. The Morgan fingerprint density at radius 2 is 1.45 bits per heavy atom. The second-order valence-corrected chi connectivity index (χ2v) is 9.64. The minimum absolute atomic E-state index is 0.0934. The number of carbonyl (C=O) groups excluding carboxylic acids is 2. The molecule has 0 spiro atoms. The SMILES string of the molecule is CC(C)CC(=N)C1(C[C@H](C)N)c2ccc(CNC=O)cc2CCc2cc(CNC=O)ccc21. The van der Waals surface area contributed by atoms with Crippen molar-refractivity contribution in [2.45, 2.75) is 71.0 Å². The molecular formula is C27H36N4O2. The molecule has 0 aliphatic heterocycles. The summed E-state index contributed by atoms with van der Waals surface area (Å²) in [6.45, 7) is 7.27. The van der Waals surface area contributed by atoms with Gasteiger partial charge in [0, 0.05) is 24.8 Å². The van der Waals surface area contributed by atoms with Gasteiger partial charge >= 0.3 is 0 Å². The molecule has 0 radical (unpaired) electrons. The number of aryl methyl sites for hydroxylation is 2. The van der Waals surface area contributed by atoms with Crippen LogP contribution in [0.15, 0.2) is 36.4 Å². The third-order valence-electron chi connectivity index (χ3n) is 6.46. The zero-order valence-electron chi connectivity index (χ0n) is 19.9. The molecule has 0 unspecified atom stereocenters. The Bertz CT molecular complexity index is 950. The highest BCUT2D eigenvalue weighted by molar-refractivity contribution is 5.97. The van der Waals surface area contributed by atoms with Crippen LogP contribution in [0.25, 0.3) is 0 Å². The van der Waals surface area contributed by atoms with Crippen molar-refractivity contribution in [3.63, 3.8) is 0 Å². The van der Waals surface area contributed by atoms with Crippen LogP contribution in [-0.2, 0) is 40.9 Å². The molecular weight excluding hydrogens is 412 g/mol. The van der Waals surface area contributed by atoms with E-state index in [1.807, 2.05) is 6.92 Å². The van der Waals surface area contributed by atoms with Gasteiger partial charge in [-0.25, -0.2) is 0 Å². The summed E-state index contributed by atoms with van der Waals surface area (Å²) < 4.78 is 0. The number of benzene rings is 2. The van der Waals surface area contributed by atoms with Gasteiger partial charge in [0.25, 0.3) is 0 Å². The fourth-order valence-corrected chi connectivity index (χ4v) is 5.23. The summed E-state index contributed by atoms with van der Waals surface area (Å²) in [7, 11) is 0. The van der Waals surface area contributed by atoms with Gasteiger partial charge in [0.15, 0.2) is 0 Å². The molecule has 2 aromatic carbocycles. The van der Waals surface area contributed by atoms with Gasteiger partial charge in [-0.3, -0.25) is 9.59 Å². The van der Waals surface area contributed by atoms with Gasteiger partial charge in [0.1, 0.15) is 0 Å². The molecule has 0 saturated carbocycles. The maximum atomic E-state index is 10.8. The van der Waals surface area contributed by atoms with Gasteiger partial charge in [-0.05, 0) is 71.9 Å². The van der Waals surface area contributed by atoms with Crippen molar-refractivity contribution in [3.05, 3.63) is 69.8 Å². The van der Waals surface area contributed by atoms with Crippen molar-refractivity contribution < 1.29 is 9.59 Å². The molecule has 0 fully saturated rings. The Kier molecular flexibility index (Phi) is 8.03. The number of fused-ring (bicyclic) bond motifs is 2. The Labute approximate surface area is 196 Å². The molecule has 33 heavy (non-hydrogen) atoms. The summed E-state index contributed by atoms with van der Waals surface area (Å²) in [6.07, 6.45) is 4.46. The van der Waals surface area contributed by atoms with E-state index >= 15 is 0 Å². The Morgan fingerprint density at radius 1 is 0.970 bits per heavy atom. The summed E-state index contributed by atoms with van der Waals surface area (Å²) in [5.41, 5.74) is 13.3. The van der Waals surface area contributed by atoms with Gasteiger partial charge in [0.05, 0.1) is 5.41 Å². The molecule has 0 aromatic heterocycles. The summed E-state index contributed by atoms with van der Waals surface area (Å²) in [4.78, 5) is 21.6. The Hall–Kier alpha value is -2.99. The number of nitrogens with one attached hydrogen (secondary N) is 3. The first-order valence-electron chi connectivity index (χ1n) is 11.7.